The van der Waals surface area contributed by atoms with Crippen LogP contribution in [0.5, 0.6) is 0 Å². The number of carbonyl (C=O) groups is 1. The molecule has 0 radical (unpaired) electrons. The van der Waals surface area contributed by atoms with Gasteiger partial charge < -0.3 is 10.1 Å². The number of carbonyl (C=O) groups excluding carboxylic acids is 1. The Bertz CT molecular complexity index is 574. The quantitative estimate of drug-likeness (QED) is 0.827. The molecule has 0 aromatic carbocycles. The van der Waals surface area contributed by atoms with Crippen molar-refractivity contribution in [2.45, 2.75) is 32.9 Å². The van der Waals surface area contributed by atoms with Gasteiger partial charge in [-0.15, -0.1) is 22.7 Å². The van der Waals surface area contributed by atoms with E-state index in [1.54, 1.807) is 11.3 Å². The molecule has 0 aliphatic heterocycles. The highest BCUT2D eigenvalue weighted by molar-refractivity contribution is 7.12. The van der Waals surface area contributed by atoms with Crippen molar-refractivity contribution in [3.05, 3.63) is 43.8 Å². The standard InChI is InChI=1S/C15H19NO2S2/c1-10-4-7-14(19-10)11(2)16-9-13-6-5-12(20-13)8-15(17)18-3/h4-7,11,16H,8-9H2,1-3H3. The Labute approximate surface area is 127 Å². The van der Waals surface area contributed by atoms with Gasteiger partial charge in [-0.25, -0.2) is 0 Å². The van der Waals surface area contributed by atoms with Crippen LogP contribution >= 0.6 is 22.7 Å². The fourth-order valence-corrected chi connectivity index (χ4v) is 3.73. The summed E-state index contributed by atoms with van der Waals surface area (Å²) < 4.78 is 4.68. The summed E-state index contributed by atoms with van der Waals surface area (Å²) in [5.74, 6) is -0.186. The van der Waals surface area contributed by atoms with E-state index in [0.29, 0.717) is 12.5 Å². The Morgan fingerprint density at radius 1 is 1.25 bits per heavy atom. The van der Waals surface area contributed by atoms with Gasteiger partial charge in [0.05, 0.1) is 13.5 Å². The number of ether oxygens (including phenoxy) is 1. The second kappa shape index (κ2) is 7.02. The first kappa shape index (κ1) is 15.2. The van der Waals surface area contributed by atoms with Crippen LogP contribution < -0.4 is 5.32 Å². The van der Waals surface area contributed by atoms with E-state index in [1.807, 2.05) is 17.4 Å². The molecule has 0 aliphatic carbocycles. The van der Waals surface area contributed by atoms with Gasteiger partial charge in [-0.3, -0.25) is 4.79 Å². The van der Waals surface area contributed by atoms with Crippen LogP contribution in [0.4, 0.5) is 0 Å². The van der Waals surface area contributed by atoms with Crippen molar-refractivity contribution in [1.82, 2.24) is 5.32 Å². The van der Waals surface area contributed by atoms with Crippen LogP contribution in [-0.4, -0.2) is 13.1 Å². The molecule has 1 unspecified atom stereocenters. The maximum absolute atomic E-state index is 11.2. The molecule has 0 saturated carbocycles. The predicted molar refractivity (Wildman–Crippen MR) is 84.3 cm³/mol. The Hall–Kier alpha value is -1.17. The van der Waals surface area contributed by atoms with Gasteiger partial charge in [0.15, 0.2) is 0 Å². The fourth-order valence-electron chi connectivity index (χ4n) is 1.87. The van der Waals surface area contributed by atoms with E-state index < -0.39 is 0 Å². The maximum atomic E-state index is 11.2. The molecule has 2 aromatic rings. The summed E-state index contributed by atoms with van der Waals surface area (Å²) >= 11 is 3.49. The van der Waals surface area contributed by atoms with Crippen LogP contribution in [-0.2, 0) is 22.5 Å². The first-order valence-corrected chi connectivity index (χ1v) is 8.16. The number of methoxy groups -OCH3 is 1. The molecular weight excluding hydrogens is 290 g/mol. The summed E-state index contributed by atoms with van der Waals surface area (Å²) in [5.41, 5.74) is 0. The van der Waals surface area contributed by atoms with E-state index in [4.69, 9.17) is 0 Å². The van der Waals surface area contributed by atoms with E-state index in [2.05, 4.69) is 42.1 Å². The third kappa shape index (κ3) is 4.16. The van der Waals surface area contributed by atoms with Crippen molar-refractivity contribution in [2.24, 2.45) is 0 Å². The van der Waals surface area contributed by atoms with Crippen molar-refractivity contribution in [1.29, 1.82) is 0 Å². The van der Waals surface area contributed by atoms with Gasteiger partial charge in [-0.05, 0) is 38.1 Å². The number of aryl methyl sites for hydroxylation is 1. The van der Waals surface area contributed by atoms with E-state index in [-0.39, 0.29) is 5.97 Å². The molecule has 0 aliphatic rings. The Balaban J connectivity index is 1.86. The van der Waals surface area contributed by atoms with Gasteiger partial charge in [0.2, 0.25) is 0 Å². The van der Waals surface area contributed by atoms with E-state index in [0.717, 1.165) is 11.4 Å². The van der Waals surface area contributed by atoms with Crippen molar-refractivity contribution >= 4 is 28.6 Å². The van der Waals surface area contributed by atoms with Gasteiger partial charge in [-0.2, -0.15) is 0 Å². The minimum absolute atomic E-state index is 0.186. The number of hydrogen-bond donors (Lipinski definition) is 1. The maximum Gasteiger partial charge on any atom is 0.310 e. The van der Waals surface area contributed by atoms with Crippen LogP contribution in [0, 0.1) is 6.92 Å². The minimum Gasteiger partial charge on any atom is -0.469 e. The van der Waals surface area contributed by atoms with Crippen LogP contribution in [0.3, 0.4) is 0 Å². The highest BCUT2D eigenvalue weighted by Crippen LogP contribution is 2.23. The zero-order valence-corrected chi connectivity index (χ0v) is 13.6. The molecule has 3 nitrogen and oxygen atoms in total. The first-order chi connectivity index (χ1) is 9.58. The van der Waals surface area contributed by atoms with E-state index >= 15 is 0 Å². The normalized spacial score (nSPS) is 12.3. The lowest BCUT2D eigenvalue weighted by Crippen LogP contribution is -2.16. The average molecular weight is 309 g/mol. The third-order valence-corrected chi connectivity index (χ3v) is 5.30. The molecular formula is C15H19NO2S2. The molecule has 20 heavy (non-hydrogen) atoms. The summed E-state index contributed by atoms with van der Waals surface area (Å²) in [6.45, 7) is 5.12. The van der Waals surface area contributed by atoms with Gasteiger partial charge in [-0.1, -0.05) is 0 Å². The van der Waals surface area contributed by atoms with Crippen LogP contribution in [0.1, 0.15) is 32.5 Å². The van der Waals surface area contributed by atoms with Crippen molar-refractivity contribution in [3.63, 3.8) is 0 Å². The van der Waals surface area contributed by atoms with Gasteiger partial charge in [0.1, 0.15) is 0 Å². The summed E-state index contributed by atoms with van der Waals surface area (Å²) in [6.07, 6.45) is 0.362. The smallest absolute Gasteiger partial charge is 0.310 e. The van der Waals surface area contributed by atoms with Crippen LogP contribution in [0.2, 0.25) is 0 Å². The molecule has 0 saturated heterocycles. The van der Waals surface area contributed by atoms with Crippen LogP contribution in [0.15, 0.2) is 24.3 Å². The topological polar surface area (TPSA) is 38.3 Å². The number of thiophene rings is 2. The summed E-state index contributed by atoms with van der Waals surface area (Å²) in [6, 6.07) is 8.74. The lowest BCUT2D eigenvalue weighted by Gasteiger charge is -2.10. The molecule has 2 heterocycles. The summed E-state index contributed by atoms with van der Waals surface area (Å²) in [4.78, 5) is 16.2. The minimum atomic E-state index is -0.186. The molecule has 0 bridgehead atoms. The number of rotatable bonds is 6. The van der Waals surface area contributed by atoms with Gasteiger partial charge in [0.25, 0.3) is 0 Å². The predicted octanol–water partition coefficient (Wildman–Crippen LogP) is 3.68. The SMILES string of the molecule is COC(=O)Cc1ccc(CNC(C)c2ccc(C)s2)s1. The van der Waals surface area contributed by atoms with Crippen LogP contribution in [0.25, 0.3) is 0 Å². The monoisotopic (exact) mass is 309 g/mol. The lowest BCUT2D eigenvalue weighted by molar-refractivity contribution is -0.139. The number of nitrogens with one attached hydrogen (secondary N) is 1. The molecule has 2 rings (SSSR count). The summed E-state index contributed by atoms with van der Waals surface area (Å²) in [5, 5.41) is 3.51. The Morgan fingerprint density at radius 2 is 2.00 bits per heavy atom. The molecule has 1 atom stereocenters. The Kier molecular flexibility index (Phi) is 5.34. The van der Waals surface area contributed by atoms with E-state index in [1.165, 1.54) is 21.7 Å². The average Bonchev–Trinajstić information content (AvgIpc) is 3.05. The molecule has 108 valence electrons. The molecule has 0 fully saturated rings. The highest BCUT2D eigenvalue weighted by Gasteiger charge is 2.09. The van der Waals surface area contributed by atoms with Crippen molar-refractivity contribution < 1.29 is 9.53 Å². The molecule has 0 amide bonds. The second-order valence-electron chi connectivity index (χ2n) is 4.67. The highest BCUT2D eigenvalue weighted by atomic mass is 32.1. The summed E-state index contributed by atoms with van der Waals surface area (Å²) in [7, 11) is 1.42. The van der Waals surface area contributed by atoms with Crippen molar-refractivity contribution in [2.75, 3.05) is 7.11 Å². The molecule has 2 aromatic heterocycles. The molecule has 0 spiro atoms. The van der Waals surface area contributed by atoms with E-state index in [9.17, 15) is 4.79 Å². The largest absolute Gasteiger partial charge is 0.469 e. The fraction of sp³-hybridized carbons (Fsp3) is 0.400. The lowest BCUT2D eigenvalue weighted by atomic mass is 10.2. The third-order valence-electron chi connectivity index (χ3n) is 3.03. The molecule has 5 heteroatoms. The number of hydrogen-bond acceptors (Lipinski definition) is 5. The van der Waals surface area contributed by atoms with Gasteiger partial charge >= 0.3 is 5.97 Å². The van der Waals surface area contributed by atoms with Crippen molar-refractivity contribution in [3.8, 4) is 0 Å². The van der Waals surface area contributed by atoms with Gasteiger partial charge in [0, 0.05) is 32.1 Å². The number of esters is 1. The molecule has 1 N–H and O–H groups in total. The Morgan fingerprint density at radius 3 is 2.65 bits per heavy atom. The second-order valence-corrected chi connectivity index (χ2v) is 7.24. The zero-order valence-electron chi connectivity index (χ0n) is 11.9. The zero-order chi connectivity index (χ0) is 14.5. The first-order valence-electron chi connectivity index (χ1n) is 6.52.